The summed E-state index contributed by atoms with van der Waals surface area (Å²) in [6, 6.07) is 8.79. The fraction of sp³-hybridized carbons (Fsp3) is 0.605. The smallest absolute Gasteiger partial charge is 0.409 e. The largest absolute Gasteiger partial charge is 0.467 e. The van der Waals surface area contributed by atoms with Crippen molar-refractivity contribution < 1.29 is 47.7 Å². The van der Waals surface area contributed by atoms with Crippen molar-refractivity contribution in [1.29, 1.82) is 0 Å². The highest BCUT2D eigenvalue weighted by atomic mass is 16.6. The Bertz CT molecular complexity index is 1670. The van der Waals surface area contributed by atoms with Crippen LogP contribution in [-0.2, 0) is 33.4 Å². The summed E-state index contributed by atoms with van der Waals surface area (Å²) in [5.41, 5.74) is 0.476. The molecule has 1 aromatic carbocycles. The number of aromatic nitrogens is 2. The summed E-state index contributed by atoms with van der Waals surface area (Å²) < 4.78 is 23.3. The molecule has 3 atom stereocenters. The van der Waals surface area contributed by atoms with Crippen molar-refractivity contribution in [3.63, 3.8) is 0 Å². The number of nitrogens with zero attached hydrogens (tertiary/aromatic N) is 5. The number of carbonyl (C=O) groups is 6. The maximum Gasteiger partial charge on any atom is 0.409 e. The number of likely N-dealkylation sites (tertiary alicyclic amines) is 1. The molecule has 4 aliphatic rings. The summed E-state index contributed by atoms with van der Waals surface area (Å²) >= 11 is 0. The maximum atomic E-state index is 13.9. The molecule has 4 heterocycles. The zero-order chi connectivity index (χ0) is 38.7. The van der Waals surface area contributed by atoms with Crippen LogP contribution in [0.3, 0.4) is 0 Å². The number of hydrogen-bond donors (Lipinski definition) is 2. The lowest BCUT2D eigenvalue weighted by Crippen LogP contribution is -2.56. The Balaban J connectivity index is 1.14. The van der Waals surface area contributed by atoms with Crippen molar-refractivity contribution in [2.75, 3.05) is 65.8 Å². The van der Waals surface area contributed by atoms with E-state index in [2.05, 4.69) is 15.7 Å². The predicted molar refractivity (Wildman–Crippen MR) is 195 cm³/mol. The molecule has 0 bridgehead atoms. The Morgan fingerprint density at radius 1 is 0.927 bits per heavy atom. The van der Waals surface area contributed by atoms with Gasteiger partial charge in [-0.25, -0.2) is 9.48 Å². The number of nitrogens with one attached hydrogen (secondary N) is 2. The van der Waals surface area contributed by atoms with Crippen molar-refractivity contribution in [1.82, 2.24) is 35.1 Å². The number of rotatable bonds is 15. The first-order chi connectivity index (χ1) is 26.7. The van der Waals surface area contributed by atoms with E-state index in [9.17, 15) is 28.8 Å². The summed E-state index contributed by atoms with van der Waals surface area (Å²) in [5, 5.41) is 10.3. The van der Waals surface area contributed by atoms with Gasteiger partial charge in [-0.1, -0.05) is 18.2 Å². The molecule has 0 spiro atoms. The molecule has 4 fully saturated rings. The van der Waals surface area contributed by atoms with Gasteiger partial charge in [0.15, 0.2) is 12.3 Å². The average molecular weight is 766 g/mol. The van der Waals surface area contributed by atoms with Crippen LogP contribution in [0.15, 0.2) is 36.4 Å². The molecule has 5 amide bonds. The Morgan fingerprint density at radius 3 is 2.38 bits per heavy atom. The van der Waals surface area contributed by atoms with Crippen molar-refractivity contribution in [3.8, 4) is 11.6 Å². The summed E-state index contributed by atoms with van der Waals surface area (Å²) in [6.45, 7) is 4.29. The zero-order valence-electron chi connectivity index (χ0n) is 31.3. The van der Waals surface area contributed by atoms with Crippen LogP contribution >= 0.6 is 0 Å². The van der Waals surface area contributed by atoms with Gasteiger partial charge in [-0.05, 0) is 64.0 Å². The third-order valence-corrected chi connectivity index (χ3v) is 10.4. The molecular formula is C38H51N7O10. The van der Waals surface area contributed by atoms with Crippen LogP contribution in [0.2, 0.25) is 0 Å². The second-order valence-electron chi connectivity index (χ2n) is 14.3. The number of piperazine rings is 1. The average Bonchev–Trinajstić information content (AvgIpc) is 3.98. The van der Waals surface area contributed by atoms with E-state index in [-0.39, 0.29) is 94.2 Å². The number of para-hydroxylation sites is 1. The first kappa shape index (κ1) is 39.5. The number of carbonyl (C=O) groups excluding carboxylic acids is 6. The molecule has 1 aromatic heterocycles. The van der Waals surface area contributed by atoms with Crippen LogP contribution in [0, 0.1) is 5.92 Å². The van der Waals surface area contributed by atoms with Crippen LogP contribution in [0.4, 0.5) is 4.79 Å². The predicted octanol–water partition coefficient (Wildman–Crippen LogP) is 1.67. The van der Waals surface area contributed by atoms with Crippen LogP contribution in [0.25, 0.3) is 5.69 Å². The molecule has 17 nitrogen and oxygen atoms in total. The Morgan fingerprint density at radius 2 is 1.69 bits per heavy atom. The van der Waals surface area contributed by atoms with Crippen molar-refractivity contribution >= 4 is 35.7 Å². The van der Waals surface area contributed by atoms with Crippen LogP contribution in [0.1, 0.15) is 68.8 Å². The molecule has 2 aromatic rings. The van der Waals surface area contributed by atoms with E-state index in [1.54, 1.807) is 41.0 Å². The second kappa shape index (κ2) is 18.9. The van der Waals surface area contributed by atoms with Crippen molar-refractivity contribution in [2.45, 2.75) is 76.4 Å². The number of hydrogen-bond acceptors (Lipinski definition) is 11. The van der Waals surface area contributed by atoms with E-state index >= 15 is 0 Å². The van der Waals surface area contributed by atoms with Crippen LogP contribution in [0.5, 0.6) is 5.88 Å². The minimum atomic E-state index is -1.12. The van der Waals surface area contributed by atoms with E-state index in [1.165, 1.54) is 15.6 Å². The molecule has 298 valence electrons. The standard InChI is InChI=1S/C38H51N7O10/c1-2-53-38(51)43-19-17-42(18-20-43)37(50)29(13-14-34(47)55-24-26-15-21-52-23-26)40-35(48)30-22-33(45(41-30)28-10-4-3-5-11-28)54-25-32(46)44-16-7-12-31(44)36(49)39-27-8-6-9-27/h3-5,10-11,22,26-27,29,31H,2,6-9,12-21,23-25H2,1H3,(H,39,49)(H,40,48). The summed E-state index contributed by atoms with van der Waals surface area (Å²) in [6.07, 6.45) is 4.43. The van der Waals surface area contributed by atoms with Crippen LogP contribution in [-0.4, -0.2) is 144 Å². The molecule has 17 heteroatoms. The lowest BCUT2D eigenvalue weighted by atomic mass is 9.93. The van der Waals surface area contributed by atoms with Gasteiger partial charge in [0.1, 0.15) is 12.1 Å². The number of esters is 1. The van der Waals surface area contributed by atoms with Gasteiger partial charge in [0, 0.05) is 63.8 Å². The summed E-state index contributed by atoms with van der Waals surface area (Å²) in [7, 11) is 0. The minimum absolute atomic E-state index is 0.0365. The summed E-state index contributed by atoms with van der Waals surface area (Å²) in [5.74, 6) is -1.89. The van der Waals surface area contributed by atoms with Crippen molar-refractivity contribution in [2.24, 2.45) is 5.92 Å². The Labute approximate surface area is 319 Å². The van der Waals surface area contributed by atoms with Crippen LogP contribution < -0.4 is 15.4 Å². The van der Waals surface area contributed by atoms with E-state index in [4.69, 9.17) is 18.9 Å². The molecule has 3 unspecified atom stereocenters. The third-order valence-electron chi connectivity index (χ3n) is 10.4. The van der Waals surface area contributed by atoms with E-state index in [1.807, 2.05) is 6.07 Å². The second-order valence-corrected chi connectivity index (χ2v) is 14.3. The molecule has 0 radical (unpaired) electrons. The van der Waals surface area contributed by atoms with E-state index in [0.717, 1.165) is 25.7 Å². The van der Waals surface area contributed by atoms with Crippen molar-refractivity contribution in [3.05, 3.63) is 42.1 Å². The third kappa shape index (κ3) is 10.3. The number of benzene rings is 1. The maximum absolute atomic E-state index is 13.9. The molecular weight excluding hydrogens is 714 g/mol. The van der Waals surface area contributed by atoms with E-state index in [0.29, 0.717) is 38.3 Å². The lowest BCUT2D eigenvalue weighted by Gasteiger charge is -2.35. The van der Waals surface area contributed by atoms with Gasteiger partial charge in [-0.3, -0.25) is 24.0 Å². The molecule has 1 aliphatic carbocycles. The number of amides is 5. The monoisotopic (exact) mass is 765 g/mol. The van der Waals surface area contributed by atoms with Gasteiger partial charge < -0.3 is 44.3 Å². The normalized spacial score (nSPS) is 20.3. The van der Waals surface area contributed by atoms with Gasteiger partial charge >= 0.3 is 12.1 Å². The van der Waals surface area contributed by atoms with Gasteiger partial charge in [0.25, 0.3) is 11.8 Å². The fourth-order valence-electron chi connectivity index (χ4n) is 7.03. The highest BCUT2D eigenvalue weighted by molar-refractivity contribution is 5.96. The Kier molecular flexibility index (Phi) is 13.6. The highest BCUT2D eigenvalue weighted by Crippen LogP contribution is 2.24. The van der Waals surface area contributed by atoms with Gasteiger partial charge in [-0.2, -0.15) is 5.10 Å². The first-order valence-corrected chi connectivity index (χ1v) is 19.3. The van der Waals surface area contributed by atoms with Gasteiger partial charge in [0.2, 0.25) is 17.7 Å². The molecule has 3 saturated heterocycles. The Hall–Kier alpha value is -5.19. The van der Waals surface area contributed by atoms with Gasteiger partial charge in [-0.15, -0.1) is 0 Å². The summed E-state index contributed by atoms with van der Waals surface area (Å²) in [4.78, 5) is 83.7. The molecule has 3 aliphatic heterocycles. The molecule has 55 heavy (non-hydrogen) atoms. The lowest BCUT2D eigenvalue weighted by molar-refractivity contribution is -0.145. The number of ether oxygens (including phenoxy) is 4. The quantitative estimate of drug-likeness (QED) is 0.251. The van der Waals surface area contributed by atoms with E-state index < -0.39 is 36.0 Å². The highest BCUT2D eigenvalue weighted by Gasteiger charge is 2.36. The molecule has 1 saturated carbocycles. The first-order valence-electron chi connectivity index (χ1n) is 19.3. The zero-order valence-corrected chi connectivity index (χ0v) is 31.3. The fourth-order valence-corrected chi connectivity index (χ4v) is 7.03. The topological polar surface area (TPSA) is 191 Å². The molecule has 6 rings (SSSR count). The SMILES string of the molecule is CCOC(=O)N1CCN(C(=O)C(CCC(=O)OCC2CCOC2)NC(=O)c2cc(OCC(=O)N3CCCC3C(=O)NC3CCC3)n(-c3ccccc3)n2)CC1. The van der Waals surface area contributed by atoms with Gasteiger partial charge in [0.05, 0.1) is 25.5 Å². The minimum Gasteiger partial charge on any atom is -0.467 e. The molecule has 2 N–H and O–H groups in total.